The maximum Gasteiger partial charge on any atom is 0.573 e. The largest absolute Gasteiger partial charge is 0.573 e. The van der Waals surface area contributed by atoms with E-state index in [1.165, 1.54) is 0 Å². The summed E-state index contributed by atoms with van der Waals surface area (Å²) in [6.45, 7) is 0. The number of hydrogen-bond donors (Lipinski definition) is 0. The zero-order valence-electron chi connectivity index (χ0n) is 8.84. The second-order valence-corrected chi connectivity index (χ2v) is 4.50. The number of ether oxygens (including phenoxy) is 1. The molecule has 1 aromatic rings. The fourth-order valence-electron chi connectivity index (χ4n) is 1.33. The van der Waals surface area contributed by atoms with Crippen molar-refractivity contribution in [2.45, 2.75) is 18.7 Å². The fourth-order valence-corrected chi connectivity index (χ4v) is 2.08. The zero-order chi connectivity index (χ0) is 15.9. The topological polar surface area (TPSA) is 9.23 Å². The van der Waals surface area contributed by atoms with Crippen molar-refractivity contribution in [3.05, 3.63) is 26.8 Å². The van der Waals surface area contributed by atoms with Gasteiger partial charge in [-0.2, -0.15) is 26.3 Å². The molecule has 0 aliphatic carbocycles. The van der Waals surface area contributed by atoms with Crippen molar-refractivity contribution in [2.75, 3.05) is 0 Å². The van der Waals surface area contributed by atoms with Gasteiger partial charge in [0.2, 0.25) is 0 Å². The van der Waals surface area contributed by atoms with Gasteiger partial charge < -0.3 is 4.74 Å². The SMILES string of the molecule is FC(F)(F)Oc1ccc(I)c(C(F)(F)F)c1C(F)(F)F. The molecule has 0 atom stereocenters. The first kappa shape index (κ1) is 17.2. The molecule has 1 rings (SSSR count). The highest BCUT2D eigenvalue weighted by Gasteiger charge is 2.48. The van der Waals surface area contributed by atoms with E-state index in [2.05, 4.69) is 4.74 Å². The number of halogens is 10. The van der Waals surface area contributed by atoms with Gasteiger partial charge in [0.1, 0.15) is 11.3 Å². The van der Waals surface area contributed by atoms with Crippen LogP contribution in [0.2, 0.25) is 0 Å². The molecule has 1 aromatic carbocycles. The van der Waals surface area contributed by atoms with Crippen LogP contribution < -0.4 is 4.74 Å². The second kappa shape index (κ2) is 5.15. The van der Waals surface area contributed by atoms with Gasteiger partial charge >= 0.3 is 18.7 Å². The Kier molecular flexibility index (Phi) is 4.42. The predicted octanol–water partition coefficient (Wildman–Crippen LogP) is 5.23. The molecule has 0 saturated heterocycles. The third-order valence-corrected chi connectivity index (χ3v) is 2.81. The Morgan fingerprint density at radius 1 is 0.750 bits per heavy atom. The molecule has 0 spiro atoms. The molecule has 0 unspecified atom stereocenters. The van der Waals surface area contributed by atoms with Crippen LogP contribution in [-0.4, -0.2) is 6.36 Å². The summed E-state index contributed by atoms with van der Waals surface area (Å²) >= 11 is 0.948. The van der Waals surface area contributed by atoms with Gasteiger partial charge in [0.25, 0.3) is 0 Å². The number of benzene rings is 1. The Labute approximate surface area is 118 Å². The van der Waals surface area contributed by atoms with E-state index in [1.54, 1.807) is 0 Å². The number of alkyl halides is 9. The van der Waals surface area contributed by atoms with Crippen molar-refractivity contribution < 1.29 is 44.3 Å². The van der Waals surface area contributed by atoms with Crippen molar-refractivity contribution in [3.63, 3.8) is 0 Å². The van der Waals surface area contributed by atoms with Crippen LogP contribution in [0.3, 0.4) is 0 Å². The smallest absolute Gasteiger partial charge is 0.405 e. The third-order valence-electron chi connectivity index (χ3n) is 1.91. The van der Waals surface area contributed by atoms with Crippen LogP contribution in [0.1, 0.15) is 11.1 Å². The van der Waals surface area contributed by atoms with Crippen LogP contribution in [-0.2, 0) is 12.4 Å². The maximum absolute atomic E-state index is 12.6. The molecule has 0 fully saturated rings. The number of hydrogen-bond acceptors (Lipinski definition) is 1. The summed E-state index contributed by atoms with van der Waals surface area (Å²) in [5.41, 5.74) is -4.72. The predicted molar refractivity (Wildman–Crippen MR) is 55.8 cm³/mol. The van der Waals surface area contributed by atoms with Crippen LogP contribution in [0.15, 0.2) is 12.1 Å². The van der Waals surface area contributed by atoms with Crippen molar-refractivity contribution in [1.82, 2.24) is 0 Å². The van der Waals surface area contributed by atoms with Crippen molar-refractivity contribution in [1.29, 1.82) is 0 Å². The van der Waals surface area contributed by atoms with Gasteiger partial charge in [-0.05, 0) is 34.7 Å². The van der Waals surface area contributed by atoms with E-state index in [-0.39, 0.29) is 6.07 Å². The minimum Gasteiger partial charge on any atom is -0.405 e. The van der Waals surface area contributed by atoms with E-state index in [1.807, 2.05) is 0 Å². The Morgan fingerprint density at radius 3 is 1.55 bits per heavy atom. The standard InChI is InChI=1S/C9H2F9IO/c10-7(11,12)5-3(19)1-2-4(20-9(16,17)18)6(5)8(13,14)15/h1-2H. The van der Waals surface area contributed by atoms with Gasteiger partial charge in [-0.1, -0.05) is 0 Å². The first-order valence-electron chi connectivity index (χ1n) is 4.46. The molecule has 0 bridgehead atoms. The molecule has 0 saturated carbocycles. The average molecular weight is 424 g/mol. The zero-order valence-corrected chi connectivity index (χ0v) is 11.0. The summed E-state index contributed by atoms with van der Waals surface area (Å²) in [7, 11) is 0. The lowest BCUT2D eigenvalue weighted by Crippen LogP contribution is -2.24. The van der Waals surface area contributed by atoms with Crippen LogP contribution >= 0.6 is 22.6 Å². The normalized spacial score (nSPS) is 13.5. The molecule has 0 aliphatic rings. The molecule has 20 heavy (non-hydrogen) atoms. The van der Waals surface area contributed by atoms with Crippen molar-refractivity contribution in [2.24, 2.45) is 0 Å². The highest BCUT2D eigenvalue weighted by atomic mass is 127. The Bertz CT molecular complexity index is 500. The molecule has 0 aliphatic heterocycles. The van der Waals surface area contributed by atoms with Crippen LogP contribution in [0.25, 0.3) is 0 Å². The molecule has 11 heteroatoms. The molecule has 0 N–H and O–H groups in total. The van der Waals surface area contributed by atoms with E-state index in [0.29, 0.717) is 6.07 Å². The van der Waals surface area contributed by atoms with E-state index in [4.69, 9.17) is 0 Å². The minimum absolute atomic E-state index is 0.188. The lowest BCUT2D eigenvalue weighted by atomic mass is 10.1. The molecule has 0 heterocycles. The van der Waals surface area contributed by atoms with E-state index < -0.39 is 39.2 Å². The van der Waals surface area contributed by atoms with Gasteiger partial charge in [-0.15, -0.1) is 13.2 Å². The summed E-state index contributed by atoms with van der Waals surface area (Å²) in [6, 6.07) is 0.646. The Hall–Kier alpha value is -0.880. The molecule has 114 valence electrons. The molecule has 1 nitrogen and oxygen atoms in total. The van der Waals surface area contributed by atoms with Gasteiger partial charge in [-0.25, -0.2) is 0 Å². The molecular formula is C9H2F9IO. The van der Waals surface area contributed by atoms with Crippen molar-refractivity contribution >= 4 is 22.6 Å². The quantitative estimate of drug-likeness (QED) is 0.444. The van der Waals surface area contributed by atoms with Crippen molar-refractivity contribution in [3.8, 4) is 5.75 Å². The Balaban J connectivity index is 3.64. The lowest BCUT2D eigenvalue weighted by molar-refractivity contribution is -0.276. The maximum atomic E-state index is 12.6. The summed E-state index contributed by atoms with van der Waals surface area (Å²) in [6.07, 6.45) is -16.7. The third kappa shape index (κ3) is 4.06. The van der Waals surface area contributed by atoms with E-state index in [0.717, 1.165) is 22.6 Å². The monoisotopic (exact) mass is 424 g/mol. The fraction of sp³-hybridized carbons (Fsp3) is 0.333. The highest BCUT2D eigenvalue weighted by molar-refractivity contribution is 14.1. The summed E-state index contributed by atoms with van der Waals surface area (Å²) < 4.78 is 114. The van der Waals surface area contributed by atoms with Crippen LogP contribution in [0.4, 0.5) is 39.5 Å². The van der Waals surface area contributed by atoms with Gasteiger partial charge in [0, 0.05) is 3.57 Å². The van der Waals surface area contributed by atoms with E-state index >= 15 is 0 Å². The average Bonchev–Trinajstić information content (AvgIpc) is 2.14. The number of rotatable bonds is 1. The highest BCUT2D eigenvalue weighted by Crippen LogP contribution is 2.47. The summed E-state index contributed by atoms with van der Waals surface area (Å²) in [5, 5.41) is 0. The molecule has 0 radical (unpaired) electrons. The van der Waals surface area contributed by atoms with Gasteiger partial charge in [0.15, 0.2) is 0 Å². The Morgan fingerprint density at radius 2 is 1.20 bits per heavy atom. The first-order chi connectivity index (χ1) is 8.73. The second-order valence-electron chi connectivity index (χ2n) is 3.34. The van der Waals surface area contributed by atoms with Gasteiger partial charge in [-0.3, -0.25) is 0 Å². The lowest BCUT2D eigenvalue weighted by Gasteiger charge is -2.21. The minimum atomic E-state index is -5.66. The van der Waals surface area contributed by atoms with Crippen LogP contribution in [0, 0.1) is 3.57 Å². The van der Waals surface area contributed by atoms with Gasteiger partial charge in [0.05, 0.1) is 5.56 Å². The van der Waals surface area contributed by atoms with Crippen LogP contribution in [0.5, 0.6) is 5.75 Å². The summed E-state index contributed by atoms with van der Waals surface area (Å²) in [5.74, 6) is -1.95. The van der Waals surface area contributed by atoms with E-state index in [9.17, 15) is 39.5 Å². The first-order valence-corrected chi connectivity index (χ1v) is 5.54. The summed E-state index contributed by atoms with van der Waals surface area (Å²) in [4.78, 5) is 0. The molecule has 0 amide bonds. The molecule has 0 aromatic heterocycles. The molecular weight excluding hydrogens is 422 g/mol.